The minimum Gasteiger partial charge on any atom is -0.507 e. The number of aromatic nitrogens is 3. The molecule has 0 amide bonds. The summed E-state index contributed by atoms with van der Waals surface area (Å²) < 4.78 is 11.9. The average molecular weight is 430 g/mol. The van der Waals surface area contributed by atoms with Gasteiger partial charge in [0.1, 0.15) is 22.9 Å². The molecule has 0 bridgehead atoms. The van der Waals surface area contributed by atoms with Crippen LogP contribution in [-0.2, 0) is 0 Å². The molecule has 0 unspecified atom stereocenters. The van der Waals surface area contributed by atoms with Gasteiger partial charge in [-0.15, -0.1) is 11.3 Å². The van der Waals surface area contributed by atoms with Crippen LogP contribution in [-0.4, -0.2) is 34.3 Å². The molecular weight excluding hydrogens is 412 g/mol. The number of anilines is 2. The van der Waals surface area contributed by atoms with E-state index in [2.05, 4.69) is 20.3 Å². The zero-order valence-electron chi connectivity index (χ0n) is 16.8. The number of para-hydroxylation sites is 1. The second-order valence-corrected chi connectivity index (χ2v) is 7.82. The van der Waals surface area contributed by atoms with Gasteiger partial charge in [0.05, 0.1) is 35.5 Å². The summed E-state index contributed by atoms with van der Waals surface area (Å²) >= 11 is 1.54. The van der Waals surface area contributed by atoms with Crippen molar-refractivity contribution in [1.29, 1.82) is 0 Å². The minimum atomic E-state index is 0.170. The molecule has 0 saturated carbocycles. The lowest BCUT2D eigenvalue weighted by molar-refractivity contribution is 0.356. The first kappa shape index (κ1) is 19.1. The van der Waals surface area contributed by atoms with E-state index in [-0.39, 0.29) is 5.75 Å². The Morgan fingerprint density at radius 1 is 0.903 bits per heavy atom. The first-order valence-corrected chi connectivity index (χ1v) is 10.3. The predicted octanol–water partition coefficient (Wildman–Crippen LogP) is 5.37. The Kier molecular flexibility index (Phi) is 4.76. The number of phenols is 1. The Morgan fingerprint density at radius 2 is 1.71 bits per heavy atom. The van der Waals surface area contributed by atoms with Gasteiger partial charge in [0.15, 0.2) is 11.5 Å². The van der Waals surface area contributed by atoms with E-state index in [0.29, 0.717) is 22.9 Å². The van der Waals surface area contributed by atoms with Crippen molar-refractivity contribution in [2.45, 2.75) is 0 Å². The number of ether oxygens (including phenoxy) is 2. The molecule has 31 heavy (non-hydrogen) atoms. The van der Waals surface area contributed by atoms with Crippen molar-refractivity contribution in [1.82, 2.24) is 15.0 Å². The first-order valence-electron chi connectivity index (χ1n) is 9.49. The Hall–Kier alpha value is -3.91. The molecule has 5 aromatic rings. The Bertz CT molecular complexity index is 1380. The summed E-state index contributed by atoms with van der Waals surface area (Å²) in [4.78, 5) is 13.4. The summed E-state index contributed by atoms with van der Waals surface area (Å²) in [5.41, 5.74) is 3.05. The topological polar surface area (TPSA) is 89.4 Å². The number of phenolic OH excluding ortho intramolecular Hbond substituents is 1. The summed E-state index contributed by atoms with van der Waals surface area (Å²) in [6.45, 7) is 0. The molecule has 154 valence electrons. The van der Waals surface area contributed by atoms with E-state index in [1.807, 2.05) is 42.5 Å². The van der Waals surface area contributed by atoms with E-state index in [1.54, 1.807) is 26.4 Å². The van der Waals surface area contributed by atoms with Crippen LogP contribution >= 0.6 is 11.3 Å². The van der Waals surface area contributed by atoms with Gasteiger partial charge in [0, 0.05) is 17.1 Å². The lowest BCUT2D eigenvalue weighted by atomic mass is 10.1. The van der Waals surface area contributed by atoms with E-state index in [4.69, 9.17) is 9.47 Å². The summed E-state index contributed by atoms with van der Waals surface area (Å²) in [6.07, 6.45) is 1.49. The number of thiazole rings is 1. The first-order chi connectivity index (χ1) is 15.2. The van der Waals surface area contributed by atoms with Gasteiger partial charge in [-0.05, 0) is 36.4 Å². The summed E-state index contributed by atoms with van der Waals surface area (Å²) in [7, 11) is 3.18. The molecule has 2 heterocycles. The molecule has 0 aliphatic carbocycles. The van der Waals surface area contributed by atoms with Crippen LogP contribution in [0, 0.1) is 0 Å². The zero-order chi connectivity index (χ0) is 21.4. The molecule has 8 heteroatoms. The van der Waals surface area contributed by atoms with Crippen LogP contribution in [0.4, 0.5) is 11.5 Å². The maximum atomic E-state index is 10.5. The SMILES string of the molecule is COc1cc2ncnc(Nc3ccc(O)c(-c4nc5ccccc5s4)c3)c2cc1OC. The van der Waals surface area contributed by atoms with Gasteiger partial charge in [0.25, 0.3) is 0 Å². The predicted molar refractivity (Wildman–Crippen MR) is 123 cm³/mol. The molecule has 3 aromatic carbocycles. The average Bonchev–Trinajstić information content (AvgIpc) is 3.23. The van der Waals surface area contributed by atoms with Crippen LogP contribution in [0.1, 0.15) is 0 Å². The summed E-state index contributed by atoms with van der Waals surface area (Å²) in [5.74, 6) is 1.98. The van der Waals surface area contributed by atoms with Crippen LogP contribution < -0.4 is 14.8 Å². The third-order valence-corrected chi connectivity index (χ3v) is 5.99. The van der Waals surface area contributed by atoms with Crippen LogP contribution in [0.15, 0.2) is 60.9 Å². The van der Waals surface area contributed by atoms with Crippen molar-refractivity contribution in [3.05, 3.63) is 60.9 Å². The number of nitrogens with one attached hydrogen (secondary N) is 1. The van der Waals surface area contributed by atoms with Gasteiger partial charge in [-0.2, -0.15) is 0 Å². The van der Waals surface area contributed by atoms with Crippen molar-refractivity contribution in [2.75, 3.05) is 19.5 Å². The normalized spacial score (nSPS) is 11.0. The monoisotopic (exact) mass is 430 g/mol. The van der Waals surface area contributed by atoms with Gasteiger partial charge in [-0.3, -0.25) is 0 Å². The molecule has 0 aliphatic rings. The molecule has 0 spiro atoms. The third-order valence-electron chi connectivity index (χ3n) is 4.92. The van der Waals surface area contributed by atoms with Crippen LogP contribution in [0.5, 0.6) is 17.2 Å². The largest absolute Gasteiger partial charge is 0.507 e. The van der Waals surface area contributed by atoms with Crippen molar-refractivity contribution >= 4 is 44.0 Å². The number of nitrogens with zero attached hydrogens (tertiary/aromatic N) is 3. The number of fused-ring (bicyclic) bond motifs is 2. The number of aromatic hydroxyl groups is 1. The molecular formula is C23H18N4O3S. The number of hydrogen-bond acceptors (Lipinski definition) is 8. The van der Waals surface area contributed by atoms with Gasteiger partial charge in [0.2, 0.25) is 0 Å². The lowest BCUT2D eigenvalue weighted by Crippen LogP contribution is -1.98. The van der Waals surface area contributed by atoms with Crippen molar-refractivity contribution < 1.29 is 14.6 Å². The van der Waals surface area contributed by atoms with Gasteiger partial charge in [-0.25, -0.2) is 15.0 Å². The highest BCUT2D eigenvalue weighted by Gasteiger charge is 2.14. The molecule has 0 aliphatic heterocycles. The zero-order valence-corrected chi connectivity index (χ0v) is 17.6. The van der Waals surface area contributed by atoms with E-state index in [9.17, 15) is 5.11 Å². The standard InChI is InChI=1S/C23H18N4O3S/c1-29-19-10-14-17(11-20(19)30-2)24-12-25-22(14)26-13-7-8-18(28)15(9-13)23-27-16-5-3-4-6-21(16)31-23/h3-12,28H,1-2H3,(H,24,25,26). The van der Waals surface area contributed by atoms with E-state index < -0.39 is 0 Å². The maximum Gasteiger partial charge on any atom is 0.162 e. The quantitative estimate of drug-likeness (QED) is 0.362. The Labute approximate surface area is 182 Å². The van der Waals surface area contributed by atoms with Crippen LogP contribution in [0.2, 0.25) is 0 Å². The molecule has 0 radical (unpaired) electrons. The van der Waals surface area contributed by atoms with Gasteiger partial charge < -0.3 is 19.9 Å². The number of methoxy groups -OCH3 is 2. The molecule has 0 fully saturated rings. The molecule has 7 nitrogen and oxygen atoms in total. The summed E-state index contributed by atoms with van der Waals surface area (Å²) in [6, 6.07) is 16.9. The minimum absolute atomic E-state index is 0.170. The molecule has 2 aromatic heterocycles. The Balaban J connectivity index is 1.56. The third kappa shape index (κ3) is 3.47. The second kappa shape index (κ2) is 7.73. The van der Waals surface area contributed by atoms with E-state index in [1.165, 1.54) is 17.7 Å². The molecule has 5 rings (SSSR count). The summed E-state index contributed by atoms with van der Waals surface area (Å²) in [5, 5.41) is 15.3. The van der Waals surface area contributed by atoms with Crippen molar-refractivity contribution in [3.63, 3.8) is 0 Å². The highest BCUT2D eigenvalue weighted by molar-refractivity contribution is 7.21. The van der Waals surface area contributed by atoms with Crippen molar-refractivity contribution in [2.24, 2.45) is 0 Å². The van der Waals surface area contributed by atoms with Crippen LogP contribution in [0.3, 0.4) is 0 Å². The number of rotatable bonds is 5. The highest BCUT2D eigenvalue weighted by Crippen LogP contribution is 2.38. The van der Waals surface area contributed by atoms with E-state index >= 15 is 0 Å². The molecule has 0 atom stereocenters. The molecule has 2 N–H and O–H groups in total. The van der Waals surface area contributed by atoms with Crippen molar-refractivity contribution in [3.8, 4) is 27.8 Å². The fourth-order valence-electron chi connectivity index (χ4n) is 3.39. The number of hydrogen-bond donors (Lipinski definition) is 2. The second-order valence-electron chi connectivity index (χ2n) is 6.79. The number of benzene rings is 3. The highest BCUT2D eigenvalue weighted by atomic mass is 32.1. The fourth-order valence-corrected chi connectivity index (χ4v) is 4.38. The van der Waals surface area contributed by atoms with E-state index in [0.717, 1.165) is 31.8 Å². The fraction of sp³-hybridized carbons (Fsp3) is 0.0870. The van der Waals surface area contributed by atoms with Gasteiger partial charge in [-0.1, -0.05) is 12.1 Å². The van der Waals surface area contributed by atoms with Crippen LogP contribution in [0.25, 0.3) is 31.7 Å². The van der Waals surface area contributed by atoms with Gasteiger partial charge >= 0.3 is 0 Å². The smallest absolute Gasteiger partial charge is 0.162 e. The lowest BCUT2D eigenvalue weighted by Gasteiger charge is -2.13. The Morgan fingerprint density at radius 3 is 2.52 bits per heavy atom. The maximum absolute atomic E-state index is 10.5. The molecule has 0 saturated heterocycles.